The highest BCUT2D eigenvalue weighted by Gasteiger charge is 2.34. The minimum Gasteiger partial charge on any atom is -0.365 e. The summed E-state index contributed by atoms with van der Waals surface area (Å²) >= 11 is 0. The first-order valence-electron chi connectivity index (χ1n) is 8.34. The van der Waals surface area contributed by atoms with E-state index in [2.05, 4.69) is 21.0 Å². The Morgan fingerprint density at radius 1 is 1.42 bits per heavy atom. The molecule has 0 saturated carbocycles. The summed E-state index contributed by atoms with van der Waals surface area (Å²) < 4.78 is 13.9. The van der Waals surface area contributed by atoms with E-state index in [4.69, 9.17) is 0 Å². The van der Waals surface area contributed by atoms with Gasteiger partial charge in [-0.05, 0) is 25.0 Å². The maximum atomic E-state index is 12.9. The van der Waals surface area contributed by atoms with Crippen LogP contribution in [-0.4, -0.2) is 51.4 Å². The van der Waals surface area contributed by atoms with Crippen molar-refractivity contribution >= 4 is 11.6 Å². The normalized spacial score (nSPS) is 19.8. The van der Waals surface area contributed by atoms with Crippen LogP contribution in [0.25, 0.3) is 0 Å². The smallest absolute Gasteiger partial charge is 0.257 e. The van der Waals surface area contributed by atoms with Gasteiger partial charge >= 0.3 is 0 Å². The van der Waals surface area contributed by atoms with Crippen LogP contribution in [0.2, 0.25) is 0 Å². The summed E-state index contributed by atoms with van der Waals surface area (Å²) in [4.78, 5) is 21.6. The number of halogens is 1. The molecular weight excluding hydrogens is 309 g/mol. The maximum Gasteiger partial charge on any atom is 0.257 e. The van der Waals surface area contributed by atoms with E-state index in [0.717, 1.165) is 30.8 Å². The molecule has 0 aliphatic carbocycles. The van der Waals surface area contributed by atoms with Gasteiger partial charge < -0.3 is 9.80 Å². The summed E-state index contributed by atoms with van der Waals surface area (Å²) in [5, 5.41) is 4.06. The van der Waals surface area contributed by atoms with Crippen molar-refractivity contribution in [2.75, 3.05) is 24.7 Å². The van der Waals surface area contributed by atoms with Crippen molar-refractivity contribution in [3.05, 3.63) is 42.0 Å². The summed E-state index contributed by atoms with van der Waals surface area (Å²) in [6.07, 6.45) is 7.14. The average Bonchev–Trinajstić information content (AvgIpc) is 3.21. The van der Waals surface area contributed by atoms with Gasteiger partial charge in [-0.3, -0.25) is 14.5 Å². The molecule has 4 heterocycles. The average molecular weight is 329 g/mol. The van der Waals surface area contributed by atoms with E-state index in [1.54, 1.807) is 12.4 Å². The molecule has 1 fully saturated rings. The van der Waals surface area contributed by atoms with Crippen LogP contribution >= 0.6 is 0 Å². The number of carbonyl (C=O) groups is 1. The monoisotopic (exact) mass is 329 g/mol. The van der Waals surface area contributed by atoms with Gasteiger partial charge in [0.1, 0.15) is 6.67 Å². The summed E-state index contributed by atoms with van der Waals surface area (Å²) in [5.74, 6) is -0.0644. The minimum atomic E-state index is -0.493. The highest BCUT2D eigenvalue weighted by atomic mass is 19.1. The van der Waals surface area contributed by atoms with E-state index < -0.39 is 6.67 Å². The van der Waals surface area contributed by atoms with E-state index in [1.165, 1.54) is 10.9 Å². The van der Waals surface area contributed by atoms with Gasteiger partial charge in [0.05, 0.1) is 36.2 Å². The van der Waals surface area contributed by atoms with Crippen molar-refractivity contribution < 1.29 is 9.18 Å². The van der Waals surface area contributed by atoms with Crippen LogP contribution in [0.4, 0.5) is 10.1 Å². The molecule has 0 N–H and O–H groups in total. The van der Waals surface area contributed by atoms with Crippen LogP contribution in [0, 0.1) is 0 Å². The fourth-order valence-electron chi connectivity index (χ4n) is 3.68. The lowest BCUT2D eigenvalue weighted by Crippen LogP contribution is -2.40. The lowest BCUT2D eigenvalue weighted by Gasteiger charge is -2.27. The number of rotatable bonds is 3. The standard InChI is InChI=1S/C17H20FN5O/c18-5-8-22-10-13(9-20-22)17(24)21-11-14-3-2-7-23(14)16-4-1-6-19-15(16)12-21/h1,4,6,9-10,14H,2-3,5,7-8,11-12H2/t14-/m0/s1. The van der Waals surface area contributed by atoms with Gasteiger partial charge in [-0.15, -0.1) is 0 Å². The minimum absolute atomic E-state index is 0.0644. The first kappa shape index (κ1) is 15.1. The summed E-state index contributed by atoms with van der Waals surface area (Å²) in [6.45, 7) is 1.88. The molecule has 0 unspecified atom stereocenters. The molecule has 1 saturated heterocycles. The predicted molar refractivity (Wildman–Crippen MR) is 87.5 cm³/mol. The quantitative estimate of drug-likeness (QED) is 0.863. The molecule has 2 aromatic rings. The van der Waals surface area contributed by atoms with Gasteiger partial charge in [0, 0.05) is 31.5 Å². The Hall–Kier alpha value is -2.44. The number of carbonyl (C=O) groups excluding carboxylic acids is 1. The van der Waals surface area contributed by atoms with Crippen molar-refractivity contribution in [2.45, 2.75) is 32.0 Å². The second-order valence-electron chi connectivity index (χ2n) is 6.33. The molecular formula is C17H20FN5O. The number of hydrogen-bond donors (Lipinski definition) is 0. The highest BCUT2D eigenvalue weighted by molar-refractivity contribution is 5.94. The fraction of sp³-hybridized carbons (Fsp3) is 0.471. The van der Waals surface area contributed by atoms with Crippen LogP contribution in [-0.2, 0) is 13.1 Å². The Balaban J connectivity index is 1.62. The number of aryl methyl sites for hydroxylation is 1. The number of alkyl halides is 1. The summed E-state index contributed by atoms with van der Waals surface area (Å²) in [6, 6.07) is 4.38. The van der Waals surface area contributed by atoms with Crippen LogP contribution in [0.3, 0.4) is 0 Å². The van der Waals surface area contributed by atoms with Gasteiger partial charge in [0.2, 0.25) is 0 Å². The lowest BCUT2D eigenvalue weighted by molar-refractivity contribution is 0.0736. The molecule has 0 radical (unpaired) electrons. The first-order chi connectivity index (χ1) is 11.8. The van der Waals surface area contributed by atoms with E-state index in [1.807, 2.05) is 11.0 Å². The van der Waals surface area contributed by atoms with Gasteiger partial charge in [-0.25, -0.2) is 4.39 Å². The zero-order valence-electron chi connectivity index (χ0n) is 13.4. The van der Waals surface area contributed by atoms with Gasteiger partial charge in [0.25, 0.3) is 5.91 Å². The molecule has 4 rings (SSSR count). The molecule has 2 aliphatic heterocycles. The summed E-state index contributed by atoms with van der Waals surface area (Å²) in [7, 11) is 0. The second-order valence-corrected chi connectivity index (χ2v) is 6.33. The molecule has 7 heteroatoms. The van der Waals surface area contributed by atoms with Crippen molar-refractivity contribution in [3.8, 4) is 0 Å². The molecule has 126 valence electrons. The number of fused-ring (bicyclic) bond motifs is 3. The fourth-order valence-corrected chi connectivity index (χ4v) is 3.68. The van der Waals surface area contributed by atoms with Gasteiger partial charge in [0.15, 0.2) is 0 Å². The molecule has 1 amide bonds. The molecule has 0 aromatic carbocycles. The number of amides is 1. The van der Waals surface area contributed by atoms with E-state index in [9.17, 15) is 9.18 Å². The van der Waals surface area contributed by atoms with E-state index >= 15 is 0 Å². The van der Waals surface area contributed by atoms with Crippen LogP contribution in [0.1, 0.15) is 28.9 Å². The topological polar surface area (TPSA) is 54.3 Å². The van der Waals surface area contributed by atoms with Crippen molar-refractivity contribution in [3.63, 3.8) is 0 Å². The van der Waals surface area contributed by atoms with Crippen LogP contribution in [0.5, 0.6) is 0 Å². The largest absolute Gasteiger partial charge is 0.365 e. The van der Waals surface area contributed by atoms with Crippen LogP contribution < -0.4 is 4.90 Å². The van der Waals surface area contributed by atoms with Crippen molar-refractivity contribution in [1.29, 1.82) is 0 Å². The molecule has 6 nitrogen and oxygen atoms in total. The van der Waals surface area contributed by atoms with Crippen molar-refractivity contribution in [2.24, 2.45) is 0 Å². The molecule has 24 heavy (non-hydrogen) atoms. The second kappa shape index (κ2) is 6.22. The molecule has 2 aromatic heterocycles. The molecule has 0 spiro atoms. The Labute approximate surface area is 139 Å². The van der Waals surface area contributed by atoms with Gasteiger partial charge in [-0.1, -0.05) is 0 Å². The van der Waals surface area contributed by atoms with Gasteiger partial charge in [-0.2, -0.15) is 5.10 Å². The lowest BCUT2D eigenvalue weighted by atomic mass is 10.2. The van der Waals surface area contributed by atoms with Crippen molar-refractivity contribution in [1.82, 2.24) is 19.7 Å². The first-order valence-corrected chi connectivity index (χ1v) is 8.34. The Kier molecular flexibility index (Phi) is 3.92. The SMILES string of the molecule is O=C(c1cnn(CCF)c1)N1Cc2ncccc2N2CCC[C@H]2C1. The predicted octanol–water partition coefficient (Wildman–Crippen LogP) is 1.87. The Morgan fingerprint density at radius 3 is 3.21 bits per heavy atom. The highest BCUT2D eigenvalue weighted by Crippen LogP contribution is 2.32. The van der Waals surface area contributed by atoms with E-state index in [-0.39, 0.29) is 12.5 Å². The zero-order chi connectivity index (χ0) is 16.5. The third-order valence-electron chi connectivity index (χ3n) is 4.81. The molecule has 2 aliphatic rings. The Bertz CT molecular complexity index is 746. The number of hydrogen-bond acceptors (Lipinski definition) is 4. The number of pyridine rings is 1. The molecule has 1 atom stereocenters. The third-order valence-corrected chi connectivity index (χ3v) is 4.81. The maximum absolute atomic E-state index is 12.9. The number of nitrogens with zero attached hydrogens (tertiary/aromatic N) is 5. The number of anilines is 1. The van der Waals surface area contributed by atoms with Crippen LogP contribution in [0.15, 0.2) is 30.7 Å². The summed E-state index contributed by atoms with van der Waals surface area (Å²) in [5.41, 5.74) is 2.59. The van der Waals surface area contributed by atoms with E-state index in [0.29, 0.717) is 24.7 Å². The molecule has 0 bridgehead atoms. The Morgan fingerprint density at radius 2 is 2.33 bits per heavy atom. The zero-order valence-corrected chi connectivity index (χ0v) is 13.4. The third kappa shape index (κ3) is 2.64. The number of aromatic nitrogens is 3.